The van der Waals surface area contributed by atoms with E-state index in [1.807, 2.05) is 20.8 Å². The summed E-state index contributed by atoms with van der Waals surface area (Å²) in [4.78, 5) is 11.3. The van der Waals surface area contributed by atoms with Crippen LogP contribution in [0.5, 0.6) is 0 Å². The van der Waals surface area contributed by atoms with E-state index in [4.69, 9.17) is 0 Å². The largest absolute Gasteiger partial charge is 0.354 e. The van der Waals surface area contributed by atoms with Crippen molar-refractivity contribution in [3.63, 3.8) is 0 Å². The first kappa shape index (κ1) is 8.57. The molecule has 0 aliphatic heterocycles. The average Bonchev–Trinajstić information content (AvgIpc) is 2.65. The van der Waals surface area contributed by atoms with E-state index in [1.165, 1.54) is 12.8 Å². The minimum Gasteiger partial charge on any atom is -0.354 e. The molecule has 2 nitrogen and oxygen atoms in total. The quantitative estimate of drug-likeness (QED) is 0.658. The molecule has 64 valence electrons. The number of hydrogen-bond donors (Lipinski definition) is 1. The Balaban J connectivity index is 2.27. The van der Waals surface area contributed by atoms with Gasteiger partial charge in [-0.2, -0.15) is 0 Å². The van der Waals surface area contributed by atoms with Crippen LogP contribution in [-0.2, 0) is 4.79 Å². The van der Waals surface area contributed by atoms with E-state index in [-0.39, 0.29) is 17.9 Å². The van der Waals surface area contributed by atoms with Gasteiger partial charge in [0.05, 0.1) is 0 Å². The van der Waals surface area contributed by atoms with E-state index in [0.717, 1.165) is 0 Å². The van der Waals surface area contributed by atoms with Crippen molar-refractivity contribution >= 4 is 5.91 Å². The van der Waals surface area contributed by atoms with Gasteiger partial charge in [-0.15, -0.1) is 0 Å². The second-order valence-corrected chi connectivity index (χ2v) is 3.79. The van der Waals surface area contributed by atoms with Crippen LogP contribution in [0.4, 0.5) is 0 Å². The molecule has 1 unspecified atom stereocenters. The Morgan fingerprint density at radius 1 is 1.36 bits per heavy atom. The van der Waals surface area contributed by atoms with E-state index >= 15 is 0 Å². The molecule has 0 radical (unpaired) electrons. The number of nitrogens with one attached hydrogen (secondary N) is 1. The highest BCUT2D eigenvalue weighted by Crippen LogP contribution is 2.36. The monoisotopic (exact) mass is 155 g/mol. The van der Waals surface area contributed by atoms with Crippen molar-refractivity contribution in [2.75, 3.05) is 0 Å². The van der Waals surface area contributed by atoms with Gasteiger partial charge in [0, 0.05) is 12.0 Å². The van der Waals surface area contributed by atoms with Crippen LogP contribution < -0.4 is 5.32 Å². The maximum absolute atomic E-state index is 11.3. The van der Waals surface area contributed by atoms with Gasteiger partial charge in [0.25, 0.3) is 0 Å². The van der Waals surface area contributed by atoms with Crippen LogP contribution in [0, 0.1) is 11.8 Å². The first-order chi connectivity index (χ1) is 5.11. The lowest BCUT2D eigenvalue weighted by molar-refractivity contribution is -0.125. The Labute approximate surface area is 68.4 Å². The third kappa shape index (κ3) is 2.52. The molecule has 1 aliphatic carbocycles. The van der Waals surface area contributed by atoms with Crippen LogP contribution in [0.1, 0.15) is 33.6 Å². The van der Waals surface area contributed by atoms with Crippen LogP contribution >= 0.6 is 0 Å². The summed E-state index contributed by atoms with van der Waals surface area (Å²) in [6, 6.07) is 0.281. The Hall–Kier alpha value is -0.530. The first-order valence-corrected chi connectivity index (χ1v) is 4.41. The summed E-state index contributed by atoms with van der Waals surface area (Å²) in [7, 11) is 0. The highest BCUT2D eigenvalue weighted by Gasteiger charge is 2.32. The number of hydrogen-bond acceptors (Lipinski definition) is 1. The third-order valence-corrected chi connectivity index (χ3v) is 2.17. The van der Waals surface area contributed by atoms with Crippen molar-refractivity contribution in [2.45, 2.75) is 39.7 Å². The number of rotatable bonds is 3. The Kier molecular flexibility index (Phi) is 2.53. The van der Waals surface area contributed by atoms with E-state index in [2.05, 4.69) is 5.32 Å². The molecule has 1 rings (SSSR count). The summed E-state index contributed by atoms with van der Waals surface area (Å²) in [5, 5.41) is 2.92. The van der Waals surface area contributed by atoms with Crippen LogP contribution in [0.3, 0.4) is 0 Å². The SMILES string of the molecule is CC(C)NC(=O)C(C)C1CC1. The van der Waals surface area contributed by atoms with Crippen LogP contribution in [-0.4, -0.2) is 11.9 Å². The molecule has 0 bridgehead atoms. The highest BCUT2D eigenvalue weighted by molar-refractivity contribution is 5.79. The van der Waals surface area contributed by atoms with Crippen molar-refractivity contribution in [1.29, 1.82) is 0 Å². The molecule has 1 N–H and O–H groups in total. The molecule has 0 aromatic rings. The second kappa shape index (κ2) is 3.24. The molecule has 2 heteroatoms. The van der Waals surface area contributed by atoms with Crippen molar-refractivity contribution in [3.05, 3.63) is 0 Å². The molecular formula is C9H17NO. The summed E-state index contributed by atoms with van der Waals surface area (Å²) in [5.41, 5.74) is 0. The summed E-state index contributed by atoms with van der Waals surface area (Å²) in [6.07, 6.45) is 2.49. The smallest absolute Gasteiger partial charge is 0.223 e. The first-order valence-electron chi connectivity index (χ1n) is 4.41. The van der Waals surface area contributed by atoms with Crippen LogP contribution in [0.15, 0.2) is 0 Å². The van der Waals surface area contributed by atoms with Crippen molar-refractivity contribution in [3.8, 4) is 0 Å². The molecule has 1 atom stereocenters. The topological polar surface area (TPSA) is 29.1 Å². The van der Waals surface area contributed by atoms with Gasteiger partial charge in [-0.1, -0.05) is 6.92 Å². The zero-order valence-corrected chi connectivity index (χ0v) is 7.55. The van der Waals surface area contributed by atoms with Crippen LogP contribution in [0.2, 0.25) is 0 Å². The van der Waals surface area contributed by atoms with E-state index in [0.29, 0.717) is 5.92 Å². The molecule has 0 saturated heterocycles. The highest BCUT2D eigenvalue weighted by atomic mass is 16.1. The van der Waals surface area contributed by atoms with Gasteiger partial charge in [-0.25, -0.2) is 0 Å². The molecule has 0 heterocycles. The minimum atomic E-state index is 0.225. The van der Waals surface area contributed by atoms with Gasteiger partial charge in [0.1, 0.15) is 0 Å². The number of amides is 1. The normalized spacial score (nSPS) is 20.0. The van der Waals surface area contributed by atoms with Gasteiger partial charge in [-0.3, -0.25) is 4.79 Å². The fourth-order valence-electron chi connectivity index (χ4n) is 1.23. The molecule has 0 aromatic carbocycles. The molecule has 1 aliphatic rings. The molecule has 11 heavy (non-hydrogen) atoms. The summed E-state index contributed by atoms with van der Waals surface area (Å²) in [6.45, 7) is 6.02. The average molecular weight is 155 g/mol. The maximum Gasteiger partial charge on any atom is 0.223 e. The Morgan fingerprint density at radius 2 is 1.91 bits per heavy atom. The number of carbonyl (C=O) groups is 1. The lowest BCUT2D eigenvalue weighted by atomic mass is 10.1. The summed E-state index contributed by atoms with van der Waals surface area (Å²) < 4.78 is 0. The van der Waals surface area contributed by atoms with E-state index < -0.39 is 0 Å². The summed E-state index contributed by atoms with van der Waals surface area (Å²) >= 11 is 0. The van der Waals surface area contributed by atoms with Crippen LogP contribution in [0.25, 0.3) is 0 Å². The Morgan fingerprint density at radius 3 is 2.27 bits per heavy atom. The van der Waals surface area contributed by atoms with Crippen molar-refractivity contribution in [2.24, 2.45) is 11.8 Å². The predicted octanol–water partition coefficient (Wildman–Crippen LogP) is 1.56. The van der Waals surface area contributed by atoms with E-state index in [9.17, 15) is 4.79 Å². The molecule has 1 amide bonds. The molecular weight excluding hydrogens is 138 g/mol. The van der Waals surface area contributed by atoms with Crippen molar-refractivity contribution < 1.29 is 4.79 Å². The van der Waals surface area contributed by atoms with Gasteiger partial charge in [0.15, 0.2) is 0 Å². The standard InChI is InChI=1S/C9H17NO/c1-6(2)10-9(11)7(3)8-4-5-8/h6-8H,4-5H2,1-3H3,(H,10,11). The molecule has 1 saturated carbocycles. The predicted molar refractivity (Wildman–Crippen MR) is 45.2 cm³/mol. The van der Waals surface area contributed by atoms with Gasteiger partial charge in [0.2, 0.25) is 5.91 Å². The van der Waals surface area contributed by atoms with Gasteiger partial charge in [-0.05, 0) is 32.6 Å². The maximum atomic E-state index is 11.3. The van der Waals surface area contributed by atoms with Gasteiger partial charge >= 0.3 is 0 Å². The summed E-state index contributed by atoms with van der Waals surface area (Å²) in [5.74, 6) is 1.13. The fraction of sp³-hybridized carbons (Fsp3) is 0.889. The zero-order chi connectivity index (χ0) is 8.43. The second-order valence-electron chi connectivity index (χ2n) is 3.79. The van der Waals surface area contributed by atoms with Gasteiger partial charge < -0.3 is 5.32 Å². The lowest BCUT2D eigenvalue weighted by Crippen LogP contribution is -2.35. The molecule has 0 aromatic heterocycles. The lowest BCUT2D eigenvalue weighted by Gasteiger charge is -2.13. The Bertz CT molecular complexity index is 150. The molecule has 0 spiro atoms. The van der Waals surface area contributed by atoms with E-state index in [1.54, 1.807) is 0 Å². The van der Waals surface area contributed by atoms with Crippen molar-refractivity contribution in [1.82, 2.24) is 5.32 Å². The minimum absolute atomic E-state index is 0.225. The fourth-order valence-corrected chi connectivity index (χ4v) is 1.23. The third-order valence-electron chi connectivity index (χ3n) is 2.17. The zero-order valence-electron chi connectivity index (χ0n) is 7.55. The number of carbonyl (C=O) groups excluding carboxylic acids is 1. The molecule has 1 fully saturated rings.